The van der Waals surface area contributed by atoms with Gasteiger partial charge in [-0.2, -0.15) is 4.31 Å². The number of hydrogen-bond donors (Lipinski definition) is 1. The molecule has 5 rings (SSSR count). The van der Waals surface area contributed by atoms with Gasteiger partial charge >= 0.3 is 0 Å². The fourth-order valence-electron chi connectivity index (χ4n) is 4.67. The van der Waals surface area contributed by atoms with Crippen LogP contribution in [0.5, 0.6) is 0 Å². The molecular formula is C28H32N4O5S3. The maximum atomic E-state index is 13.4. The largest absolute Gasteiger partial charge is 0.383 e. The monoisotopic (exact) mass is 600 g/mol. The average molecular weight is 601 g/mol. The number of anilines is 1. The van der Waals surface area contributed by atoms with Gasteiger partial charge in [-0.25, -0.2) is 13.4 Å². The Balaban J connectivity index is 1.42. The number of nitrogens with zero attached hydrogens (tertiary/aromatic N) is 3. The van der Waals surface area contributed by atoms with E-state index in [0.717, 1.165) is 45.3 Å². The van der Waals surface area contributed by atoms with Gasteiger partial charge in [-0.1, -0.05) is 12.1 Å². The third kappa shape index (κ3) is 5.98. The van der Waals surface area contributed by atoms with Crippen LogP contribution >= 0.6 is 22.7 Å². The van der Waals surface area contributed by atoms with E-state index in [2.05, 4.69) is 23.3 Å². The maximum absolute atomic E-state index is 13.4. The molecule has 0 saturated heterocycles. The van der Waals surface area contributed by atoms with Crippen molar-refractivity contribution < 1.29 is 22.7 Å². The van der Waals surface area contributed by atoms with E-state index in [1.165, 1.54) is 41.1 Å². The first kappa shape index (κ1) is 28.8. The van der Waals surface area contributed by atoms with Crippen molar-refractivity contribution in [1.82, 2.24) is 14.2 Å². The van der Waals surface area contributed by atoms with E-state index in [1.807, 2.05) is 18.2 Å². The summed E-state index contributed by atoms with van der Waals surface area (Å²) in [5.41, 5.74) is 3.55. The van der Waals surface area contributed by atoms with Crippen molar-refractivity contribution in [3.63, 3.8) is 0 Å². The molecule has 0 unspecified atom stereocenters. The Labute approximate surface area is 242 Å². The molecule has 1 aliphatic rings. The number of amides is 1. The maximum Gasteiger partial charge on any atom is 0.256 e. The zero-order valence-corrected chi connectivity index (χ0v) is 25.1. The van der Waals surface area contributed by atoms with Gasteiger partial charge in [-0.15, -0.1) is 22.7 Å². The van der Waals surface area contributed by atoms with Crippen LogP contribution in [0.2, 0.25) is 0 Å². The number of nitrogens with one attached hydrogen (secondary N) is 1. The third-order valence-corrected chi connectivity index (χ3v) is 10.9. The number of benzene rings is 2. The van der Waals surface area contributed by atoms with Crippen molar-refractivity contribution in [3.05, 3.63) is 64.5 Å². The standard InChI is InChI=1S/C28H32N4O5S3/c1-31-13-12-21-24(18-31)39-28(25(21)27-29-22-6-4-5-7-23(22)38-27)30-26(33)19-8-10-20(11-9-19)40(34,35)32(14-16-36-2)15-17-37-3/h4-11H,12-18H2,1-3H3,(H,30,33). The molecule has 2 aromatic heterocycles. The molecule has 1 N–H and O–H groups in total. The summed E-state index contributed by atoms with van der Waals surface area (Å²) in [6, 6.07) is 14.1. The fourth-order valence-corrected chi connectivity index (χ4v) is 8.51. The quantitative estimate of drug-likeness (QED) is 0.270. The predicted octanol–water partition coefficient (Wildman–Crippen LogP) is 4.55. The number of fused-ring (bicyclic) bond motifs is 2. The minimum absolute atomic E-state index is 0.112. The Kier molecular flexibility index (Phi) is 8.95. The van der Waals surface area contributed by atoms with Gasteiger partial charge in [0.2, 0.25) is 10.0 Å². The molecule has 0 fully saturated rings. The van der Waals surface area contributed by atoms with Crippen LogP contribution in [0.3, 0.4) is 0 Å². The van der Waals surface area contributed by atoms with Crippen molar-refractivity contribution in [2.45, 2.75) is 17.9 Å². The second-order valence-electron chi connectivity index (χ2n) is 9.55. The highest BCUT2D eigenvalue weighted by Crippen LogP contribution is 2.45. The molecule has 0 aliphatic carbocycles. The summed E-state index contributed by atoms with van der Waals surface area (Å²) in [4.78, 5) is 21.9. The minimum atomic E-state index is -3.78. The normalized spacial score (nSPS) is 14.1. The highest BCUT2D eigenvalue weighted by Gasteiger charge is 2.28. The van der Waals surface area contributed by atoms with Gasteiger partial charge in [-0.05, 0) is 55.4 Å². The van der Waals surface area contributed by atoms with Crippen LogP contribution in [-0.2, 0) is 32.5 Å². The number of sulfonamides is 1. The molecule has 0 bridgehead atoms. The van der Waals surface area contributed by atoms with Crippen LogP contribution in [0.15, 0.2) is 53.4 Å². The van der Waals surface area contributed by atoms with E-state index in [1.54, 1.807) is 34.8 Å². The molecule has 0 saturated carbocycles. The van der Waals surface area contributed by atoms with E-state index in [4.69, 9.17) is 14.5 Å². The van der Waals surface area contributed by atoms with Gasteiger partial charge in [0.15, 0.2) is 0 Å². The SMILES string of the molecule is COCCN(CCOC)S(=O)(=O)c1ccc(C(=O)Nc2sc3c(c2-c2nc4ccccc4s2)CCN(C)C3)cc1. The van der Waals surface area contributed by atoms with E-state index >= 15 is 0 Å². The number of rotatable bonds is 11. The smallest absolute Gasteiger partial charge is 0.256 e. The molecule has 2 aromatic carbocycles. The van der Waals surface area contributed by atoms with Crippen molar-refractivity contribution in [2.75, 3.05) is 59.4 Å². The van der Waals surface area contributed by atoms with Gasteiger partial charge in [0.1, 0.15) is 10.0 Å². The summed E-state index contributed by atoms with van der Waals surface area (Å²) in [6.07, 6.45) is 0.888. The number of thiazole rings is 1. The lowest BCUT2D eigenvalue weighted by molar-refractivity contribution is 0.102. The summed E-state index contributed by atoms with van der Waals surface area (Å²) in [7, 11) is 1.37. The van der Waals surface area contributed by atoms with Gasteiger partial charge in [0, 0.05) is 56.4 Å². The first-order chi connectivity index (χ1) is 19.3. The third-order valence-electron chi connectivity index (χ3n) is 6.83. The van der Waals surface area contributed by atoms with Crippen LogP contribution in [0.1, 0.15) is 20.8 Å². The van der Waals surface area contributed by atoms with E-state index in [9.17, 15) is 13.2 Å². The molecule has 9 nitrogen and oxygen atoms in total. The summed E-state index contributed by atoms with van der Waals surface area (Å²) in [5.74, 6) is -0.297. The lowest BCUT2D eigenvalue weighted by atomic mass is 10.0. The summed E-state index contributed by atoms with van der Waals surface area (Å²) in [5, 5.41) is 4.78. The lowest BCUT2D eigenvalue weighted by Gasteiger charge is -2.22. The Morgan fingerprint density at radius 2 is 1.75 bits per heavy atom. The minimum Gasteiger partial charge on any atom is -0.383 e. The molecular weight excluding hydrogens is 569 g/mol. The average Bonchev–Trinajstić information content (AvgIpc) is 3.53. The number of likely N-dealkylation sites (N-methyl/N-ethyl adjacent to an activating group) is 1. The number of methoxy groups -OCH3 is 2. The summed E-state index contributed by atoms with van der Waals surface area (Å²) < 4.78 is 39.1. The van der Waals surface area contributed by atoms with Gasteiger partial charge in [0.25, 0.3) is 5.91 Å². The van der Waals surface area contributed by atoms with Gasteiger partial charge < -0.3 is 19.7 Å². The number of para-hydroxylation sites is 1. The van der Waals surface area contributed by atoms with Gasteiger partial charge in [-0.3, -0.25) is 4.79 Å². The molecule has 12 heteroatoms. The second kappa shape index (κ2) is 12.4. The van der Waals surface area contributed by atoms with Crippen molar-refractivity contribution in [2.24, 2.45) is 0 Å². The number of ether oxygens (including phenoxy) is 2. The molecule has 1 aliphatic heterocycles. The number of thiophene rings is 1. The molecule has 0 atom stereocenters. The molecule has 0 radical (unpaired) electrons. The second-order valence-corrected chi connectivity index (χ2v) is 13.6. The number of carbonyl (C=O) groups excluding carboxylic acids is 1. The molecule has 1 amide bonds. The molecule has 3 heterocycles. The van der Waals surface area contributed by atoms with Crippen LogP contribution in [0.25, 0.3) is 20.8 Å². The zero-order chi connectivity index (χ0) is 28.3. The number of aromatic nitrogens is 1. The summed E-state index contributed by atoms with van der Waals surface area (Å²) in [6.45, 7) is 2.70. The highest BCUT2D eigenvalue weighted by atomic mass is 32.2. The Bertz CT molecular complexity index is 1560. The molecule has 0 spiro atoms. The predicted molar refractivity (Wildman–Crippen MR) is 160 cm³/mol. The van der Waals surface area contributed by atoms with Crippen molar-refractivity contribution in [3.8, 4) is 10.6 Å². The van der Waals surface area contributed by atoms with Gasteiger partial charge in [0.05, 0.1) is 28.3 Å². The highest BCUT2D eigenvalue weighted by molar-refractivity contribution is 7.89. The lowest BCUT2D eigenvalue weighted by Crippen LogP contribution is -2.36. The Hall–Kier alpha value is -2.71. The zero-order valence-electron chi connectivity index (χ0n) is 22.7. The molecule has 40 heavy (non-hydrogen) atoms. The topological polar surface area (TPSA) is 101 Å². The first-order valence-corrected chi connectivity index (χ1v) is 16.0. The van der Waals surface area contributed by atoms with Crippen molar-refractivity contribution >= 4 is 53.8 Å². The fraction of sp³-hybridized carbons (Fsp3) is 0.357. The Morgan fingerprint density at radius 1 is 1.05 bits per heavy atom. The molecule has 212 valence electrons. The van der Waals surface area contributed by atoms with Crippen LogP contribution in [-0.4, -0.2) is 82.6 Å². The van der Waals surface area contributed by atoms with E-state index in [0.29, 0.717) is 5.56 Å². The van der Waals surface area contributed by atoms with E-state index in [-0.39, 0.29) is 37.1 Å². The van der Waals surface area contributed by atoms with Crippen LogP contribution < -0.4 is 5.32 Å². The first-order valence-electron chi connectivity index (χ1n) is 12.9. The van der Waals surface area contributed by atoms with Crippen LogP contribution in [0, 0.1) is 0 Å². The van der Waals surface area contributed by atoms with Crippen LogP contribution in [0.4, 0.5) is 5.00 Å². The Morgan fingerprint density at radius 3 is 2.42 bits per heavy atom. The molecule has 4 aromatic rings. The number of carbonyl (C=O) groups is 1. The van der Waals surface area contributed by atoms with Crippen molar-refractivity contribution in [1.29, 1.82) is 0 Å². The number of hydrogen-bond acceptors (Lipinski definition) is 9. The van der Waals surface area contributed by atoms with E-state index < -0.39 is 10.0 Å². The summed E-state index contributed by atoms with van der Waals surface area (Å²) >= 11 is 3.21.